The molecule has 0 aliphatic carbocycles. The maximum Gasteiger partial charge on any atom is 0.296 e. The fourth-order valence-corrected chi connectivity index (χ4v) is 5.81. The van der Waals surface area contributed by atoms with E-state index >= 15 is 0 Å². The first kappa shape index (κ1) is 24.4. The molecule has 196 valence electrons. The molecular weight excluding hydrogens is 502 g/mol. The van der Waals surface area contributed by atoms with Gasteiger partial charge in [0.15, 0.2) is 11.8 Å². The smallest absolute Gasteiger partial charge is 0.296 e. The summed E-state index contributed by atoms with van der Waals surface area (Å²) in [5, 5.41) is 10.2. The van der Waals surface area contributed by atoms with Gasteiger partial charge in [-0.3, -0.25) is 9.59 Å². The van der Waals surface area contributed by atoms with Gasteiger partial charge in [0, 0.05) is 38.7 Å². The number of aliphatic hydroxyl groups excluding tert-OH is 1. The molecule has 3 aliphatic rings. The number of ether oxygens (including phenoxy) is 3. The highest BCUT2D eigenvalue weighted by molar-refractivity contribution is 6.33. The fraction of sp³-hybridized carbons (Fsp3) is 0.520. The van der Waals surface area contributed by atoms with Crippen LogP contribution in [0, 0.1) is 0 Å². The summed E-state index contributed by atoms with van der Waals surface area (Å²) < 4.78 is 18.8. The van der Waals surface area contributed by atoms with E-state index in [4.69, 9.17) is 25.8 Å². The minimum Gasteiger partial charge on any atom is -0.456 e. The normalized spacial score (nSPS) is 26.1. The Balaban J connectivity index is 1.25. The largest absolute Gasteiger partial charge is 0.456 e. The van der Waals surface area contributed by atoms with Gasteiger partial charge in [-0.25, -0.2) is 4.98 Å². The molecule has 0 saturated carbocycles. The van der Waals surface area contributed by atoms with Crippen molar-refractivity contribution in [3.63, 3.8) is 0 Å². The molecule has 3 saturated heterocycles. The Morgan fingerprint density at radius 2 is 1.95 bits per heavy atom. The van der Waals surface area contributed by atoms with Crippen molar-refractivity contribution in [2.75, 3.05) is 26.3 Å². The van der Waals surface area contributed by atoms with Crippen LogP contribution in [0.5, 0.6) is 6.01 Å². The third-order valence-electron chi connectivity index (χ3n) is 7.61. The van der Waals surface area contributed by atoms with E-state index in [1.54, 1.807) is 30.7 Å². The van der Waals surface area contributed by atoms with Crippen molar-refractivity contribution in [1.29, 1.82) is 0 Å². The van der Waals surface area contributed by atoms with Crippen LogP contribution in [0.25, 0.3) is 22.4 Å². The molecule has 6 rings (SSSR count). The molecule has 0 spiro atoms. The zero-order valence-corrected chi connectivity index (χ0v) is 21.3. The molecule has 11 nitrogen and oxygen atoms in total. The molecule has 4 atom stereocenters. The van der Waals surface area contributed by atoms with Crippen LogP contribution in [-0.4, -0.2) is 86.2 Å². The van der Waals surface area contributed by atoms with Gasteiger partial charge < -0.3 is 33.8 Å². The van der Waals surface area contributed by atoms with Crippen molar-refractivity contribution in [2.24, 2.45) is 7.05 Å². The number of likely N-dealkylation sites (tertiary alicyclic amines) is 1. The van der Waals surface area contributed by atoms with Gasteiger partial charge in [0.2, 0.25) is 5.91 Å². The summed E-state index contributed by atoms with van der Waals surface area (Å²) in [6.07, 6.45) is -0.240. The van der Waals surface area contributed by atoms with E-state index in [1.165, 1.54) is 0 Å². The number of H-pyrrole nitrogens is 1. The number of hydrogen-bond donors (Lipinski definition) is 2. The quantitative estimate of drug-likeness (QED) is 0.521. The van der Waals surface area contributed by atoms with Crippen LogP contribution in [0.15, 0.2) is 23.0 Å². The van der Waals surface area contributed by atoms with Crippen LogP contribution in [0.2, 0.25) is 5.02 Å². The number of nitrogens with zero attached hydrogens (tertiary/aromatic N) is 4. The van der Waals surface area contributed by atoms with Gasteiger partial charge in [-0.15, -0.1) is 0 Å². The monoisotopic (exact) mass is 529 g/mol. The number of halogens is 1. The van der Waals surface area contributed by atoms with E-state index in [-0.39, 0.29) is 42.7 Å². The molecule has 0 unspecified atom stereocenters. The molecule has 12 heteroatoms. The number of amides is 1. The van der Waals surface area contributed by atoms with E-state index in [9.17, 15) is 14.7 Å². The van der Waals surface area contributed by atoms with Crippen molar-refractivity contribution < 1.29 is 24.1 Å². The van der Waals surface area contributed by atoms with Gasteiger partial charge in [-0.1, -0.05) is 11.6 Å². The zero-order chi connectivity index (χ0) is 25.8. The van der Waals surface area contributed by atoms with E-state index in [0.717, 1.165) is 18.5 Å². The molecular formula is C25H28ClN5O6. The summed E-state index contributed by atoms with van der Waals surface area (Å²) in [6.45, 7) is 3.44. The van der Waals surface area contributed by atoms with Gasteiger partial charge >= 0.3 is 0 Å². The van der Waals surface area contributed by atoms with Crippen LogP contribution < -0.4 is 10.3 Å². The Kier molecular flexibility index (Phi) is 6.18. The van der Waals surface area contributed by atoms with E-state index < -0.39 is 18.3 Å². The standard InChI is InChI=1S/C25H28ClN5O6/c1-12(32)31-7-5-13(6-8-31)17-4-3-14(24(34)30(17)2)20-15(26)9-16-23(28-20)29-25(27-16)37-19-11-36-21-18(33)10-35-22(19)21/h3-4,9,13,18-19,21-22,33H,5-8,10-11H2,1-2H3,(H,27,28,29)/t18-,19-,21-,22-/m1/s1. The second kappa shape index (κ2) is 9.39. The summed E-state index contributed by atoms with van der Waals surface area (Å²) in [6, 6.07) is 5.61. The highest BCUT2D eigenvalue weighted by Gasteiger charge is 2.48. The van der Waals surface area contributed by atoms with Gasteiger partial charge in [-0.2, -0.15) is 4.98 Å². The maximum absolute atomic E-state index is 13.4. The lowest BCUT2D eigenvalue weighted by Gasteiger charge is -2.32. The number of aromatic amines is 1. The highest BCUT2D eigenvalue weighted by atomic mass is 35.5. The van der Waals surface area contributed by atoms with Gasteiger partial charge in [0.1, 0.15) is 18.3 Å². The number of imidazole rings is 1. The fourth-order valence-electron chi connectivity index (χ4n) is 5.56. The number of aliphatic hydroxyl groups is 1. The van der Waals surface area contributed by atoms with Crippen LogP contribution in [-0.2, 0) is 21.3 Å². The second-order valence-corrected chi connectivity index (χ2v) is 10.3. The molecule has 2 N–H and O–H groups in total. The third-order valence-corrected chi connectivity index (χ3v) is 7.89. The molecule has 6 heterocycles. The number of carbonyl (C=O) groups is 1. The number of pyridine rings is 2. The van der Waals surface area contributed by atoms with E-state index in [2.05, 4.69) is 15.0 Å². The number of carbonyl (C=O) groups excluding carboxylic acids is 1. The Morgan fingerprint density at radius 3 is 2.70 bits per heavy atom. The molecule has 37 heavy (non-hydrogen) atoms. The molecule has 0 radical (unpaired) electrons. The van der Waals surface area contributed by atoms with Crippen molar-refractivity contribution in [1.82, 2.24) is 24.4 Å². The number of fused-ring (bicyclic) bond motifs is 2. The number of piperidine rings is 1. The van der Waals surface area contributed by atoms with Crippen LogP contribution >= 0.6 is 11.6 Å². The Labute approximate surface area is 217 Å². The van der Waals surface area contributed by atoms with Crippen molar-refractivity contribution in [3.8, 4) is 17.3 Å². The van der Waals surface area contributed by atoms with Crippen LogP contribution in [0.3, 0.4) is 0 Å². The number of hydrogen-bond acceptors (Lipinski definition) is 8. The predicted molar refractivity (Wildman–Crippen MR) is 134 cm³/mol. The lowest BCUT2D eigenvalue weighted by molar-refractivity contribution is -0.129. The van der Waals surface area contributed by atoms with E-state index in [1.807, 2.05) is 11.0 Å². The van der Waals surface area contributed by atoms with Crippen molar-refractivity contribution >= 4 is 28.7 Å². The number of nitrogens with one attached hydrogen (secondary N) is 1. The topological polar surface area (TPSA) is 132 Å². The molecule has 3 aromatic rings. The maximum atomic E-state index is 13.4. The summed E-state index contributed by atoms with van der Waals surface area (Å²) in [4.78, 5) is 38.9. The lowest BCUT2D eigenvalue weighted by atomic mass is 9.92. The first-order chi connectivity index (χ1) is 17.8. The van der Waals surface area contributed by atoms with Gasteiger partial charge in [-0.05, 0) is 31.0 Å². The van der Waals surface area contributed by atoms with Gasteiger partial charge in [0.25, 0.3) is 11.6 Å². The molecule has 0 aromatic carbocycles. The Hall–Kier alpha value is -2.99. The molecule has 3 aliphatic heterocycles. The number of rotatable bonds is 4. The molecule has 3 aromatic heterocycles. The Bertz CT molecular complexity index is 1410. The third kappa shape index (κ3) is 4.29. The average Bonchev–Trinajstić information content (AvgIpc) is 3.57. The highest BCUT2D eigenvalue weighted by Crippen LogP contribution is 2.33. The van der Waals surface area contributed by atoms with E-state index in [0.29, 0.717) is 40.5 Å². The summed E-state index contributed by atoms with van der Waals surface area (Å²) in [7, 11) is 1.75. The minimum atomic E-state index is -0.667. The molecule has 1 amide bonds. The van der Waals surface area contributed by atoms with Crippen LogP contribution in [0.1, 0.15) is 31.4 Å². The first-order valence-corrected chi connectivity index (χ1v) is 12.8. The minimum absolute atomic E-state index is 0.0807. The van der Waals surface area contributed by atoms with Crippen LogP contribution in [0.4, 0.5) is 0 Å². The lowest BCUT2D eigenvalue weighted by Crippen LogP contribution is -2.37. The SMILES string of the molecule is CC(=O)N1CCC(c2ccc(-c3nc4nc(O[C@@H]5CO[C@H]6[C@@H]5OC[C@H]6O)[nH]c4cc3Cl)c(=O)n2C)CC1. The summed E-state index contributed by atoms with van der Waals surface area (Å²) >= 11 is 6.56. The average molecular weight is 530 g/mol. The van der Waals surface area contributed by atoms with Gasteiger partial charge in [0.05, 0.1) is 35.0 Å². The van der Waals surface area contributed by atoms with Crippen molar-refractivity contribution in [2.45, 2.75) is 50.1 Å². The summed E-state index contributed by atoms with van der Waals surface area (Å²) in [5.41, 5.74) is 2.39. The predicted octanol–water partition coefficient (Wildman–Crippen LogP) is 1.61. The zero-order valence-electron chi connectivity index (χ0n) is 20.5. The molecule has 3 fully saturated rings. The summed E-state index contributed by atoms with van der Waals surface area (Å²) in [5.74, 6) is 0.278. The first-order valence-electron chi connectivity index (χ1n) is 12.4. The molecule has 0 bridgehead atoms. The Morgan fingerprint density at radius 1 is 1.19 bits per heavy atom. The van der Waals surface area contributed by atoms with Crippen molar-refractivity contribution in [3.05, 3.63) is 39.3 Å². The number of aromatic nitrogens is 4. The second-order valence-electron chi connectivity index (χ2n) is 9.87.